The fourth-order valence-electron chi connectivity index (χ4n) is 1.04. The normalized spacial score (nSPS) is 10.2. The summed E-state index contributed by atoms with van der Waals surface area (Å²) in [4.78, 5) is 3.91. The Hall–Kier alpha value is -1.10. The van der Waals surface area contributed by atoms with E-state index < -0.39 is 0 Å². The first-order valence-corrected chi connectivity index (χ1v) is 5.37. The first kappa shape index (κ1) is 11.4. The summed E-state index contributed by atoms with van der Waals surface area (Å²) in [7, 11) is 0. The third-order valence-corrected chi connectivity index (χ3v) is 2.39. The lowest BCUT2D eigenvalue weighted by Crippen LogP contribution is -1.98. The molecular formula is C9H5Cl3N4. The number of halogens is 3. The van der Waals surface area contributed by atoms with E-state index in [9.17, 15) is 0 Å². The second-order valence-electron chi connectivity index (χ2n) is 2.85. The van der Waals surface area contributed by atoms with Crippen LogP contribution in [-0.2, 0) is 0 Å². The van der Waals surface area contributed by atoms with Gasteiger partial charge in [-0.25, -0.2) is 0 Å². The topological polar surface area (TPSA) is 50.7 Å². The highest BCUT2D eigenvalue weighted by Gasteiger charge is 2.05. The molecule has 16 heavy (non-hydrogen) atoms. The summed E-state index contributed by atoms with van der Waals surface area (Å²) in [5, 5.41) is 10.9. The SMILES string of the molecule is Clc1ccc(Nc2nc(Cl)nnc2Cl)cc1. The number of anilines is 2. The van der Waals surface area contributed by atoms with E-state index in [4.69, 9.17) is 34.8 Å². The molecule has 0 fully saturated rings. The molecule has 0 saturated carbocycles. The van der Waals surface area contributed by atoms with Gasteiger partial charge in [0.15, 0.2) is 11.0 Å². The predicted octanol–water partition coefficient (Wildman–Crippen LogP) is 3.58. The van der Waals surface area contributed by atoms with Gasteiger partial charge in [-0.05, 0) is 35.9 Å². The molecule has 0 unspecified atom stereocenters. The molecule has 0 saturated heterocycles. The minimum absolute atomic E-state index is 0.0286. The van der Waals surface area contributed by atoms with Gasteiger partial charge in [-0.15, -0.1) is 10.2 Å². The van der Waals surface area contributed by atoms with Gasteiger partial charge in [0.05, 0.1) is 0 Å². The van der Waals surface area contributed by atoms with E-state index >= 15 is 0 Å². The quantitative estimate of drug-likeness (QED) is 0.910. The Kier molecular flexibility index (Phi) is 3.43. The zero-order valence-electron chi connectivity index (χ0n) is 7.78. The van der Waals surface area contributed by atoms with Gasteiger partial charge in [0.1, 0.15) is 0 Å². The molecule has 82 valence electrons. The van der Waals surface area contributed by atoms with E-state index in [0.29, 0.717) is 10.8 Å². The molecule has 0 aliphatic rings. The van der Waals surface area contributed by atoms with Crippen LogP contribution in [0.5, 0.6) is 0 Å². The van der Waals surface area contributed by atoms with E-state index in [2.05, 4.69) is 20.5 Å². The maximum Gasteiger partial charge on any atom is 0.245 e. The van der Waals surface area contributed by atoms with Crippen LogP contribution in [0.2, 0.25) is 15.5 Å². The lowest BCUT2D eigenvalue weighted by Gasteiger charge is -2.05. The summed E-state index contributed by atoms with van der Waals surface area (Å²) in [6.45, 7) is 0. The molecule has 1 aromatic heterocycles. The first-order chi connectivity index (χ1) is 7.65. The van der Waals surface area contributed by atoms with Gasteiger partial charge < -0.3 is 5.32 Å². The highest BCUT2D eigenvalue weighted by Crippen LogP contribution is 2.22. The predicted molar refractivity (Wildman–Crippen MR) is 64.6 cm³/mol. The third kappa shape index (κ3) is 2.72. The number of hydrogen-bond acceptors (Lipinski definition) is 4. The minimum atomic E-state index is 0.0286. The van der Waals surface area contributed by atoms with Crippen LogP contribution in [-0.4, -0.2) is 15.2 Å². The van der Waals surface area contributed by atoms with Gasteiger partial charge in [0, 0.05) is 10.7 Å². The Balaban J connectivity index is 2.26. The molecule has 4 nitrogen and oxygen atoms in total. The Morgan fingerprint density at radius 1 is 0.938 bits per heavy atom. The van der Waals surface area contributed by atoms with Crippen molar-refractivity contribution < 1.29 is 0 Å². The van der Waals surface area contributed by atoms with Gasteiger partial charge in [-0.3, -0.25) is 0 Å². The number of hydrogen-bond donors (Lipinski definition) is 1. The van der Waals surface area contributed by atoms with Crippen molar-refractivity contribution in [1.29, 1.82) is 0 Å². The summed E-state index contributed by atoms with van der Waals surface area (Å²) in [5.41, 5.74) is 0.780. The van der Waals surface area contributed by atoms with Crippen molar-refractivity contribution in [2.24, 2.45) is 0 Å². The smallest absolute Gasteiger partial charge is 0.245 e. The second-order valence-corrected chi connectivity index (χ2v) is 3.98. The number of benzene rings is 1. The van der Waals surface area contributed by atoms with Gasteiger partial charge in [-0.1, -0.05) is 23.2 Å². The molecule has 2 aromatic rings. The molecule has 1 heterocycles. The average molecular weight is 276 g/mol. The molecule has 0 bridgehead atoms. The number of nitrogens with zero attached hydrogens (tertiary/aromatic N) is 3. The van der Waals surface area contributed by atoms with Crippen LogP contribution in [0.1, 0.15) is 0 Å². The van der Waals surface area contributed by atoms with Crippen LogP contribution in [0.4, 0.5) is 11.5 Å². The minimum Gasteiger partial charge on any atom is -0.338 e. The Morgan fingerprint density at radius 2 is 1.62 bits per heavy atom. The van der Waals surface area contributed by atoms with Crippen LogP contribution < -0.4 is 5.32 Å². The lowest BCUT2D eigenvalue weighted by atomic mass is 10.3. The molecule has 0 spiro atoms. The van der Waals surface area contributed by atoms with E-state index in [1.165, 1.54) is 0 Å². The highest BCUT2D eigenvalue weighted by molar-refractivity contribution is 6.32. The molecular weight excluding hydrogens is 270 g/mol. The maximum atomic E-state index is 5.79. The van der Waals surface area contributed by atoms with Crippen molar-refractivity contribution in [1.82, 2.24) is 15.2 Å². The zero-order chi connectivity index (χ0) is 11.5. The average Bonchev–Trinajstić information content (AvgIpc) is 2.27. The molecule has 0 radical (unpaired) electrons. The van der Waals surface area contributed by atoms with Gasteiger partial charge in [0.25, 0.3) is 0 Å². The van der Waals surface area contributed by atoms with E-state index in [1.807, 2.05) is 0 Å². The van der Waals surface area contributed by atoms with Gasteiger partial charge in [-0.2, -0.15) is 4.98 Å². The summed E-state index contributed by atoms with van der Waals surface area (Å²) in [5.74, 6) is 0.351. The third-order valence-electron chi connectivity index (χ3n) is 1.73. The first-order valence-electron chi connectivity index (χ1n) is 4.23. The van der Waals surface area contributed by atoms with Crippen molar-refractivity contribution >= 4 is 46.3 Å². The van der Waals surface area contributed by atoms with Crippen molar-refractivity contribution in [3.05, 3.63) is 39.7 Å². The highest BCUT2D eigenvalue weighted by atomic mass is 35.5. The van der Waals surface area contributed by atoms with Crippen LogP contribution in [0.3, 0.4) is 0 Å². The van der Waals surface area contributed by atoms with E-state index in [1.54, 1.807) is 24.3 Å². The van der Waals surface area contributed by atoms with E-state index in [0.717, 1.165) is 5.69 Å². The monoisotopic (exact) mass is 274 g/mol. The van der Waals surface area contributed by atoms with Gasteiger partial charge in [0.2, 0.25) is 5.28 Å². The Labute approximate surface area is 107 Å². The Morgan fingerprint density at radius 3 is 2.31 bits per heavy atom. The van der Waals surface area contributed by atoms with Crippen LogP contribution in [0, 0.1) is 0 Å². The number of rotatable bonds is 2. The fraction of sp³-hybridized carbons (Fsp3) is 0. The number of aromatic nitrogens is 3. The van der Waals surface area contributed by atoms with Crippen LogP contribution in [0.25, 0.3) is 0 Å². The molecule has 1 N–H and O–H groups in total. The molecule has 1 aromatic carbocycles. The standard InChI is InChI=1S/C9H5Cl3N4/c10-5-1-3-6(4-2-5)13-8-7(11)15-16-9(12)14-8/h1-4H,(H,13,14,16). The summed E-state index contributed by atoms with van der Waals surface area (Å²) in [6.07, 6.45) is 0. The van der Waals surface area contributed by atoms with Crippen LogP contribution in [0.15, 0.2) is 24.3 Å². The second kappa shape index (κ2) is 4.82. The largest absolute Gasteiger partial charge is 0.338 e. The fourth-order valence-corrected chi connectivity index (χ4v) is 1.42. The zero-order valence-corrected chi connectivity index (χ0v) is 10.1. The maximum absolute atomic E-state index is 5.79. The summed E-state index contributed by atoms with van der Waals surface area (Å²) < 4.78 is 0. The molecule has 0 aliphatic carbocycles. The van der Waals surface area contributed by atoms with Crippen molar-refractivity contribution in [3.63, 3.8) is 0 Å². The molecule has 7 heteroatoms. The van der Waals surface area contributed by atoms with Crippen molar-refractivity contribution in [2.75, 3.05) is 5.32 Å². The molecule has 0 aliphatic heterocycles. The lowest BCUT2D eigenvalue weighted by molar-refractivity contribution is 0.975. The summed E-state index contributed by atoms with van der Waals surface area (Å²) >= 11 is 17.2. The molecule has 0 atom stereocenters. The van der Waals surface area contributed by atoms with Crippen molar-refractivity contribution in [2.45, 2.75) is 0 Å². The van der Waals surface area contributed by atoms with E-state index in [-0.39, 0.29) is 10.4 Å². The molecule has 0 amide bonds. The summed E-state index contributed by atoms with van der Waals surface area (Å²) in [6, 6.07) is 7.06. The van der Waals surface area contributed by atoms with Crippen LogP contribution >= 0.6 is 34.8 Å². The van der Waals surface area contributed by atoms with Gasteiger partial charge >= 0.3 is 0 Å². The Bertz CT molecular complexity index is 501. The molecule has 2 rings (SSSR count). The van der Waals surface area contributed by atoms with Crippen molar-refractivity contribution in [3.8, 4) is 0 Å². The number of nitrogens with one attached hydrogen (secondary N) is 1.